The second kappa shape index (κ2) is 12.1. The average Bonchev–Trinajstić information content (AvgIpc) is 3.17. The summed E-state index contributed by atoms with van der Waals surface area (Å²) >= 11 is 0. The Labute approximate surface area is 243 Å². The van der Waals surface area contributed by atoms with Gasteiger partial charge in [0.05, 0.1) is 17.6 Å². The Morgan fingerprint density at radius 2 is 1.61 bits per heavy atom. The smallest absolute Gasteiger partial charge is 0.353 e. The Kier molecular flexibility index (Phi) is 9.26. The topological polar surface area (TPSA) is 124 Å². The molecule has 0 N–H and O–H groups in total. The first-order chi connectivity index (χ1) is 19.2. The number of benzene rings is 1. The van der Waals surface area contributed by atoms with Gasteiger partial charge in [0.2, 0.25) is 11.6 Å². The van der Waals surface area contributed by atoms with Gasteiger partial charge in [-0.15, -0.1) is 0 Å². The Hall–Kier alpha value is -2.43. The molecule has 2 aliphatic heterocycles. The van der Waals surface area contributed by atoms with E-state index in [-0.39, 0.29) is 57.6 Å². The number of nitro groups is 1. The quantitative estimate of drug-likeness (QED) is 0.190. The lowest BCUT2D eigenvalue weighted by atomic mass is 10.0. The van der Waals surface area contributed by atoms with Gasteiger partial charge < -0.3 is 22.4 Å². The first-order valence-electron chi connectivity index (χ1n) is 14.4. The lowest BCUT2D eigenvalue weighted by molar-refractivity contribution is -0.385. The number of ether oxygens (including phenoxy) is 2. The second-order valence-electron chi connectivity index (χ2n) is 12.3. The zero-order valence-electron chi connectivity index (χ0n) is 25.4. The summed E-state index contributed by atoms with van der Waals surface area (Å²) in [6.07, 6.45) is 0.181. The Morgan fingerprint density at radius 3 is 2.17 bits per heavy atom. The zero-order chi connectivity index (χ0) is 30.3. The zero-order valence-corrected chi connectivity index (χ0v) is 27.4. The van der Waals surface area contributed by atoms with E-state index in [9.17, 15) is 14.9 Å². The van der Waals surface area contributed by atoms with Crippen LogP contribution in [0.15, 0.2) is 41.3 Å². The third-order valence-corrected chi connectivity index (χ3v) is 18.6. The van der Waals surface area contributed by atoms with Crippen molar-refractivity contribution in [3.63, 3.8) is 0 Å². The third-order valence-electron chi connectivity index (χ3n) is 8.34. The number of nitro benzene ring substituents is 1. The predicted octanol–water partition coefficient (Wildman–Crippen LogP) is 6.43. The van der Waals surface area contributed by atoms with Gasteiger partial charge >= 0.3 is 28.5 Å². The van der Waals surface area contributed by atoms with Gasteiger partial charge in [0, 0.05) is 24.2 Å². The SMILES string of the molecule is CC(C)[Si]1(C(C)C)OC[C@H]2O[C@@H](n3ccc(Oc4ccccc4[N+](=O)[O-])nc3=O)[C@@H](C)[C@@H]2O[Si](C(C)C)(C(C)C)O1. The molecule has 0 radical (unpaired) electrons. The average molecular weight is 606 g/mol. The number of hydrogen-bond donors (Lipinski definition) is 0. The van der Waals surface area contributed by atoms with Crippen LogP contribution in [0.2, 0.25) is 22.2 Å². The van der Waals surface area contributed by atoms with Crippen LogP contribution < -0.4 is 10.4 Å². The van der Waals surface area contributed by atoms with E-state index < -0.39 is 34.0 Å². The van der Waals surface area contributed by atoms with E-state index in [1.807, 2.05) is 6.92 Å². The summed E-state index contributed by atoms with van der Waals surface area (Å²) in [6.45, 7) is 19.7. The van der Waals surface area contributed by atoms with E-state index in [4.69, 9.17) is 22.4 Å². The van der Waals surface area contributed by atoms with Crippen molar-refractivity contribution in [2.24, 2.45) is 5.92 Å². The molecule has 0 saturated carbocycles. The molecule has 4 rings (SSSR count). The molecule has 2 saturated heterocycles. The number of rotatable bonds is 8. The summed E-state index contributed by atoms with van der Waals surface area (Å²) in [4.78, 5) is 28.1. The third kappa shape index (κ3) is 5.80. The molecule has 1 aromatic carbocycles. The molecule has 11 nitrogen and oxygen atoms in total. The fraction of sp³-hybridized carbons (Fsp3) is 0.643. The number of fused-ring (bicyclic) bond motifs is 1. The first-order valence-corrected chi connectivity index (χ1v) is 18.4. The molecule has 1 aromatic heterocycles. The summed E-state index contributed by atoms with van der Waals surface area (Å²) in [5, 5.41) is 11.4. The van der Waals surface area contributed by atoms with Gasteiger partial charge in [-0.05, 0) is 28.2 Å². The number of nitrogens with zero attached hydrogens (tertiary/aromatic N) is 3. The molecule has 4 atom stereocenters. The fourth-order valence-electron chi connectivity index (χ4n) is 6.11. The molecule has 2 fully saturated rings. The maximum absolute atomic E-state index is 13.2. The van der Waals surface area contributed by atoms with Crippen molar-refractivity contribution in [2.75, 3.05) is 6.61 Å². The van der Waals surface area contributed by atoms with E-state index >= 15 is 0 Å². The molecule has 2 aromatic rings. The van der Waals surface area contributed by atoms with Gasteiger partial charge in [-0.25, -0.2) is 4.79 Å². The van der Waals surface area contributed by atoms with Crippen molar-refractivity contribution < 1.29 is 27.4 Å². The molecule has 3 heterocycles. The van der Waals surface area contributed by atoms with Gasteiger partial charge in [-0.3, -0.25) is 14.7 Å². The van der Waals surface area contributed by atoms with Gasteiger partial charge in [0.25, 0.3) is 0 Å². The van der Waals surface area contributed by atoms with E-state index in [2.05, 4.69) is 60.4 Å². The number of para-hydroxylation sites is 2. The minimum absolute atomic E-state index is 0.00308. The van der Waals surface area contributed by atoms with Crippen LogP contribution in [0.4, 0.5) is 5.69 Å². The van der Waals surface area contributed by atoms with E-state index in [0.717, 1.165) is 0 Å². The Morgan fingerprint density at radius 1 is 1.00 bits per heavy atom. The van der Waals surface area contributed by atoms with Crippen molar-refractivity contribution in [3.05, 3.63) is 57.1 Å². The van der Waals surface area contributed by atoms with Crippen molar-refractivity contribution in [1.29, 1.82) is 0 Å². The molecule has 0 unspecified atom stereocenters. The normalized spacial score (nSPS) is 25.8. The predicted molar refractivity (Wildman–Crippen MR) is 159 cm³/mol. The second-order valence-corrected chi connectivity index (χ2v) is 21.1. The maximum atomic E-state index is 13.2. The molecule has 226 valence electrons. The minimum atomic E-state index is -2.84. The summed E-state index contributed by atoms with van der Waals surface area (Å²) in [5.74, 6) is -0.241. The first kappa shape index (κ1) is 31.5. The van der Waals surface area contributed by atoms with E-state index in [1.165, 1.54) is 22.8 Å². The van der Waals surface area contributed by atoms with Gasteiger partial charge in [0.1, 0.15) is 12.3 Å². The highest BCUT2D eigenvalue weighted by Crippen LogP contribution is 2.49. The van der Waals surface area contributed by atoms with Crippen LogP contribution in [0.5, 0.6) is 11.6 Å². The van der Waals surface area contributed by atoms with Crippen LogP contribution in [0.3, 0.4) is 0 Å². The highest BCUT2D eigenvalue weighted by Gasteiger charge is 2.61. The highest BCUT2D eigenvalue weighted by atomic mass is 28.5. The molecule has 13 heteroatoms. The van der Waals surface area contributed by atoms with Crippen LogP contribution in [0, 0.1) is 16.0 Å². The Bertz CT molecular complexity index is 1290. The number of aromatic nitrogens is 2. The Balaban J connectivity index is 1.67. The van der Waals surface area contributed by atoms with Crippen LogP contribution in [0.1, 0.15) is 68.5 Å². The van der Waals surface area contributed by atoms with Crippen LogP contribution in [-0.2, 0) is 17.7 Å². The molecule has 0 amide bonds. The van der Waals surface area contributed by atoms with Crippen LogP contribution in [-0.4, -0.2) is 50.4 Å². The van der Waals surface area contributed by atoms with E-state index in [1.54, 1.807) is 18.3 Å². The lowest BCUT2D eigenvalue weighted by Gasteiger charge is -2.51. The standard InChI is InChI=1S/C28H43N3O8Si2/c1-17(2)40(18(3)4)35-16-24-26(38-41(39-40,19(5)6)20(7)8)21(9)27(37-24)30-15-14-25(29-28(30)32)36-23-13-11-10-12-22(23)31(33)34/h10-15,17-21,24,26-27H,16H2,1-9H3/t21-,24+,26-,27+/m0/s1. The largest absolute Gasteiger partial charge is 0.432 e. The molecular formula is C28H43N3O8Si2. The summed E-state index contributed by atoms with van der Waals surface area (Å²) in [7, 11) is -5.56. The molecule has 0 aliphatic carbocycles. The van der Waals surface area contributed by atoms with Gasteiger partial charge in [-0.2, -0.15) is 4.98 Å². The molecular weight excluding hydrogens is 562 g/mol. The fourth-order valence-corrected chi connectivity index (χ4v) is 17.4. The molecule has 2 aliphatic rings. The van der Waals surface area contributed by atoms with Crippen molar-refractivity contribution in [2.45, 2.75) is 103 Å². The van der Waals surface area contributed by atoms with Crippen molar-refractivity contribution >= 4 is 22.8 Å². The minimum Gasteiger partial charge on any atom is -0.432 e. The molecule has 0 spiro atoms. The van der Waals surface area contributed by atoms with Crippen LogP contribution >= 0.6 is 0 Å². The lowest BCUT2D eigenvalue weighted by Crippen LogP contribution is -2.65. The summed E-state index contributed by atoms with van der Waals surface area (Å²) in [6, 6.07) is 7.45. The molecule has 41 heavy (non-hydrogen) atoms. The number of hydrogen-bond acceptors (Lipinski definition) is 9. The summed E-state index contributed by atoms with van der Waals surface area (Å²) in [5.41, 5.74) is -0.0459. The maximum Gasteiger partial charge on any atom is 0.353 e. The monoisotopic (exact) mass is 605 g/mol. The van der Waals surface area contributed by atoms with Crippen molar-refractivity contribution in [1.82, 2.24) is 9.55 Å². The van der Waals surface area contributed by atoms with Gasteiger partial charge in [-0.1, -0.05) is 74.4 Å². The van der Waals surface area contributed by atoms with Crippen molar-refractivity contribution in [3.8, 4) is 11.6 Å². The molecule has 0 bridgehead atoms. The highest BCUT2D eigenvalue weighted by molar-refractivity contribution is 6.83. The van der Waals surface area contributed by atoms with Crippen LogP contribution in [0.25, 0.3) is 0 Å². The van der Waals surface area contributed by atoms with Gasteiger partial charge in [0.15, 0.2) is 0 Å². The van der Waals surface area contributed by atoms with E-state index in [0.29, 0.717) is 6.61 Å². The summed E-state index contributed by atoms with van der Waals surface area (Å²) < 4.78 is 34.8.